The SMILES string of the molecule is COCc1n[nH]c(C)c1-c1ccc(C(=O)NC(C)c2ccc(C)nc2)cc1. The van der Waals surface area contributed by atoms with Crippen LogP contribution in [0.5, 0.6) is 0 Å². The Morgan fingerprint density at radius 1 is 1.19 bits per heavy atom. The van der Waals surface area contributed by atoms with E-state index in [1.165, 1.54) is 0 Å². The lowest BCUT2D eigenvalue weighted by atomic mass is 10.0. The molecule has 1 atom stereocenters. The van der Waals surface area contributed by atoms with E-state index in [0.717, 1.165) is 33.8 Å². The predicted molar refractivity (Wildman–Crippen MR) is 104 cm³/mol. The van der Waals surface area contributed by atoms with Crippen molar-refractivity contribution in [1.29, 1.82) is 0 Å². The number of aromatic amines is 1. The number of nitrogens with zero attached hydrogens (tertiary/aromatic N) is 2. The van der Waals surface area contributed by atoms with Crippen LogP contribution >= 0.6 is 0 Å². The van der Waals surface area contributed by atoms with Crippen LogP contribution in [-0.2, 0) is 11.3 Å². The van der Waals surface area contributed by atoms with Crippen molar-refractivity contribution in [3.05, 3.63) is 70.8 Å². The third kappa shape index (κ3) is 4.23. The number of amides is 1. The van der Waals surface area contributed by atoms with Gasteiger partial charge in [-0.1, -0.05) is 18.2 Å². The minimum Gasteiger partial charge on any atom is -0.378 e. The molecule has 0 aliphatic heterocycles. The third-order valence-corrected chi connectivity index (χ3v) is 4.52. The zero-order valence-electron chi connectivity index (χ0n) is 16.0. The van der Waals surface area contributed by atoms with E-state index >= 15 is 0 Å². The summed E-state index contributed by atoms with van der Waals surface area (Å²) in [6.07, 6.45) is 1.79. The van der Waals surface area contributed by atoms with Crippen LogP contribution in [0.4, 0.5) is 0 Å². The number of pyridine rings is 1. The van der Waals surface area contributed by atoms with Gasteiger partial charge in [-0.2, -0.15) is 5.10 Å². The molecule has 0 spiro atoms. The molecular weight excluding hydrogens is 340 g/mol. The van der Waals surface area contributed by atoms with Crippen molar-refractivity contribution >= 4 is 5.91 Å². The Labute approximate surface area is 159 Å². The molecule has 2 heterocycles. The number of carbonyl (C=O) groups excluding carboxylic acids is 1. The molecule has 6 nitrogen and oxygen atoms in total. The van der Waals surface area contributed by atoms with Crippen LogP contribution in [0.3, 0.4) is 0 Å². The number of ether oxygens (including phenoxy) is 1. The average Bonchev–Trinajstić information content (AvgIpc) is 3.03. The van der Waals surface area contributed by atoms with Gasteiger partial charge in [0.25, 0.3) is 5.91 Å². The number of aryl methyl sites for hydroxylation is 2. The number of hydrogen-bond acceptors (Lipinski definition) is 4. The quantitative estimate of drug-likeness (QED) is 0.698. The molecule has 140 valence electrons. The maximum atomic E-state index is 12.6. The highest BCUT2D eigenvalue weighted by atomic mass is 16.5. The maximum Gasteiger partial charge on any atom is 0.251 e. The van der Waals surface area contributed by atoms with E-state index in [4.69, 9.17) is 4.74 Å². The number of aromatic nitrogens is 3. The largest absolute Gasteiger partial charge is 0.378 e. The van der Waals surface area contributed by atoms with Gasteiger partial charge < -0.3 is 10.1 Å². The topological polar surface area (TPSA) is 79.9 Å². The number of nitrogens with one attached hydrogen (secondary N) is 2. The van der Waals surface area contributed by atoms with Crippen LogP contribution in [0.15, 0.2) is 42.6 Å². The minimum absolute atomic E-state index is 0.115. The summed E-state index contributed by atoms with van der Waals surface area (Å²) >= 11 is 0. The zero-order valence-corrected chi connectivity index (χ0v) is 16.0. The first-order chi connectivity index (χ1) is 13.0. The summed E-state index contributed by atoms with van der Waals surface area (Å²) in [5.41, 5.74) is 6.38. The summed E-state index contributed by atoms with van der Waals surface area (Å²) in [7, 11) is 1.64. The molecule has 3 rings (SSSR count). The van der Waals surface area contributed by atoms with E-state index in [2.05, 4.69) is 20.5 Å². The molecule has 0 aliphatic carbocycles. The van der Waals surface area contributed by atoms with Crippen LogP contribution in [0, 0.1) is 13.8 Å². The first-order valence-corrected chi connectivity index (χ1v) is 8.86. The molecular formula is C21H24N4O2. The number of methoxy groups -OCH3 is 1. The maximum absolute atomic E-state index is 12.6. The van der Waals surface area contributed by atoms with Gasteiger partial charge in [-0.15, -0.1) is 0 Å². The second-order valence-electron chi connectivity index (χ2n) is 6.61. The Balaban J connectivity index is 1.74. The molecule has 27 heavy (non-hydrogen) atoms. The normalized spacial score (nSPS) is 12.0. The smallest absolute Gasteiger partial charge is 0.251 e. The predicted octanol–water partition coefficient (Wildman–Crippen LogP) is 3.73. The van der Waals surface area contributed by atoms with Crippen LogP contribution in [-0.4, -0.2) is 28.2 Å². The highest BCUT2D eigenvalue weighted by molar-refractivity contribution is 5.95. The summed E-state index contributed by atoms with van der Waals surface area (Å²) < 4.78 is 5.21. The van der Waals surface area contributed by atoms with E-state index in [9.17, 15) is 4.79 Å². The van der Waals surface area contributed by atoms with E-state index in [0.29, 0.717) is 12.2 Å². The number of H-pyrrole nitrogens is 1. The fourth-order valence-corrected chi connectivity index (χ4v) is 2.99. The van der Waals surface area contributed by atoms with Gasteiger partial charge in [-0.3, -0.25) is 14.9 Å². The van der Waals surface area contributed by atoms with Crippen molar-refractivity contribution in [2.75, 3.05) is 7.11 Å². The second kappa shape index (κ2) is 8.14. The highest BCUT2D eigenvalue weighted by Gasteiger charge is 2.15. The summed E-state index contributed by atoms with van der Waals surface area (Å²) in [5, 5.41) is 10.3. The molecule has 1 amide bonds. The monoisotopic (exact) mass is 364 g/mol. The third-order valence-electron chi connectivity index (χ3n) is 4.52. The first-order valence-electron chi connectivity index (χ1n) is 8.86. The van der Waals surface area contributed by atoms with Gasteiger partial charge in [0.2, 0.25) is 0 Å². The van der Waals surface area contributed by atoms with Crippen LogP contribution < -0.4 is 5.32 Å². The Kier molecular flexibility index (Phi) is 5.66. The van der Waals surface area contributed by atoms with Gasteiger partial charge in [0, 0.05) is 35.8 Å². The Morgan fingerprint density at radius 3 is 2.56 bits per heavy atom. The van der Waals surface area contributed by atoms with Crippen molar-refractivity contribution in [2.45, 2.75) is 33.4 Å². The van der Waals surface area contributed by atoms with Gasteiger partial charge >= 0.3 is 0 Å². The Hall–Kier alpha value is -2.99. The van der Waals surface area contributed by atoms with Crippen LogP contribution in [0.1, 0.15) is 46.0 Å². The zero-order chi connectivity index (χ0) is 19.4. The van der Waals surface area contributed by atoms with E-state index in [-0.39, 0.29) is 11.9 Å². The van der Waals surface area contributed by atoms with Gasteiger partial charge in [0.15, 0.2) is 0 Å². The fourth-order valence-electron chi connectivity index (χ4n) is 2.99. The molecule has 0 radical (unpaired) electrons. The van der Waals surface area contributed by atoms with Crippen molar-refractivity contribution in [1.82, 2.24) is 20.5 Å². The molecule has 2 aromatic heterocycles. The number of hydrogen-bond donors (Lipinski definition) is 2. The number of rotatable bonds is 6. The van der Waals surface area contributed by atoms with E-state index in [1.807, 2.05) is 57.2 Å². The summed E-state index contributed by atoms with van der Waals surface area (Å²) in [6, 6.07) is 11.3. The first kappa shape index (κ1) is 18.8. The lowest BCUT2D eigenvalue weighted by molar-refractivity contribution is 0.0940. The minimum atomic E-state index is -0.116. The van der Waals surface area contributed by atoms with Gasteiger partial charge in [-0.05, 0) is 50.1 Å². The molecule has 2 N–H and O–H groups in total. The second-order valence-corrected chi connectivity index (χ2v) is 6.61. The number of benzene rings is 1. The molecule has 3 aromatic rings. The summed E-state index contributed by atoms with van der Waals surface area (Å²) in [4.78, 5) is 16.8. The average molecular weight is 364 g/mol. The van der Waals surface area contributed by atoms with Crippen molar-refractivity contribution < 1.29 is 9.53 Å². The summed E-state index contributed by atoms with van der Waals surface area (Å²) in [6.45, 7) is 6.29. The van der Waals surface area contributed by atoms with Crippen molar-refractivity contribution in [2.24, 2.45) is 0 Å². The van der Waals surface area contributed by atoms with Crippen molar-refractivity contribution in [3.8, 4) is 11.1 Å². The van der Waals surface area contributed by atoms with Gasteiger partial charge in [0.1, 0.15) is 0 Å². The highest BCUT2D eigenvalue weighted by Crippen LogP contribution is 2.26. The molecule has 1 aromatic carbocycles. The van der Waals surface area contributed by atoms with E-state index < -0.39 is 0 Å². The number of carbonyl (C=O) groups is 1. The Bertz CT molecular complexity index is 914. The molecule has 0 saturated carbocycles. The van der Waals surface area contributed by atoms with Crippen LogP contribution in [0.2, 0.25) is 0 Å². The van der Waals surface area contributed by atoms with Gasteiger partial charge in [0.05, 0.1) is 18.3 Å². The summed E-state index contributed by atoms with van der Waals surface area (Å²) in [5.74, 6) is -0.115. The van der Waals surface area contributed by atoms with E-state index in [1.54, 1.807) is 13.3 Å². The lowest BCUT2D eigenvalue weighted by Gasteiger charge is -2.14. The molecule has 0 bridgehead atoms. The van der Waals surface area contributed by atoms with Crippen molar-refractivity contribution in [3.63, 3.8) is 0 Å². The molecule has 6 heteroatoms. The molecule has 0 aliphatic rings. The molecule has 0 fully saturated rings. The lowest BCUT2D eigenvalue weighted by Crippen LogP contribution is -2.26. The fraction of sp³-hybridized carbons (Fsp3) is 0.286. The Morgan fingerprint density at radius 2 is 1.93 bits per heavy atom. The standard InChI is InChI=1S/C21H24N4O2/c1-13-5-6-18(11-22-13)14(2)23-21(26)17-9-7-16(8-10-17)20-15(3)24-25-19(20)12-27-4/h5-11,14H,12H2,1-4H3,(H,23,26)(H,24,25). The molecule has 0 saturated heterocycles. The van der Waals surface area contributed by atoms with Gasteiger partial charge in [-0.25, -0.2) is 0 Å². The molecule has 1 unspecified atom stereocenters. The van der Waals surface area contributed by atoms with Crippen LogP contribution in [0.25, 0.3) is 11.1 Å².